The topological polar surface area (TPSA) is 171 Å². The van der Waals surface area contributed by atoms with Crippen LogP contribution in [0.2, 0.25) is 4.34 Å². The third-order valence-corrected chi connectivity index (χ3v) is 5.87. The molecule has 12 nitrogen and oxygen atoms in total. The second-order valence-electron chi connectivity index (χ2n) is 6.92. The highest BCUT2D eigenvalue weighted by Gasteiger charge is 2.17. The van der Waals surface area contributed by atoms with Gasteiger partial charge in [-0.15, -0.1) is 16.4 Å². The van der Waals surface area contributed by atoms with Gasteiger partial charge in [-0.1, -0.05) is 29.8 Å². The maximum Gasteiger partial charge on any atom is 0.446 e. The van der Waals surface area contributed by atoms with E-state index in [0.717, 1.165) is 17.9 Å². The van der Waals surface area contributed by atoms with Crippen LogP contribution in [-0.4, -0.2) is 45.0 Å². The van der Waals surface area contributed by atoms with E-state index in [4.69, 9.17) is 21.5 Å². The molecule has 0 radical (unpaired) electrons. The molecule has 3 aromatic heterocycles. The smallest absolute Gasteiger partial charge is 0.359 e. The Labute approximate surface area is 214 Å². The molecule has 4 rings (SSSR count). The van der Waals surface area contributed by atoms with Crippen LogP contribution >= 0.6 is 22.9 Å². The zero-order valence-corrected chi connectivity index (χ0v) is 21.1. The van der Waals surface area contributed by atoms with E-state index in [2.05, 4.69) is 15.6 Å². The third-order valence-electron chi connectivity index (χ3n) is 4.25. The number of nitrogens with one attached hydrogen (secondary N) is 1. The summed E-state index contributed by atoms with van der Waals surface area (Å²) in [6.07, 6.45) is 2.94. The highest BCUT2D eigenvalue weighted by molar-refractivity contribution is 7.81. The zero-order chi connectivity index (χ0) is 26.3. The van der Waals surface area contributed by atoms with Gasteiger partial charge in [-0.25, -0.2) is 4.68 Å². The number of hydrogen-bond donors (Lipinski definition) is 3. The Morgan fingerprint density at radius 1 is 1.25 bits per heavy atom. The summed E-state index contributed by atoms with van der Waals surface area (Å²) in [6, 6.07) is 12.0. The fourth-order valence-corrected chi connectivity index (χ4v) is 4.17. The summed E-state index contributed by atoms with van der Waals surface area (Å²) in [4.78, 5) is 24.7. The van der Waals surface area contributed by atoms with Gasteiger partial charge in [0.15, 0.2) is 5.75 Å². The third kappa shape index (κ3) is 7.22. The molecular weight excluding hydrogens is 532 g/mol. The maximum atomic E-state index is 12.2. The van der Waals surface area contributed by atoms with Gasteiger partial charge in [0, 0.05) is 18.3 Å². The summed E-state index contributed by atoms with van der Waals surface area (Å²) in [5, 5.41) is 10.5. The lowest BCUT2D eigenvalue weighted by Gasteiger charge is -2.11. The van der Waals surface area contributed by atoms with Crippen molar-refractivity contribution in [2.45, 2.75) is 13.5 Å². The molecule has 0 aliphatic heterocycles. The Morgan fingerprint density at radius 2 is 2.00 bits per heavy atom. The Morgan fingerprint density at radius 3 is 2.64 bits per heavy atom. The largest absolute Gasteiger partial charge is 0.446 e. The first kappa shape index (κ1) is 27.0. The molecule has 190 valence electrons. The van der Waals surface area contributed by atoms with Gasteiger partial charge >= 0.3 is 10.4 Å². The van der Waals surface area contributed by atoms with Crippen LogP contribution in [0, 0.1) is 0 Å². The molecule has 15 heteroatoms. The second-order valence-corrected chi connectivity index (χ2v) is 9.66. The van der Waals surface area contributed by atoms with Crippen LogP contribution in [0.15, 0.2) is 65.7 Å². The van der Waals surface area contributed by atoms with Gasteiger partial charge in [0.25, 0.3) is 11.5 Å². The fraction of sp³-hybridized carbons (Fsp3) is 0.143. The van der Waals surface area contributed by atoms with Crippen LogP contribution < -0.4 is 20.8 Å². The lowest BCUT2D eigenvalue weighted by molar-refractivity contribution is 0.0954. The number of pyridine rings is 1. The number of carbonyl (C=O) groups excluding carboxylic acids is 1. The van der Waals surface area contributed by atoms with Crippen molar-refractivity contribution in [1.29, 1.82) is 0 Å². The Kier molecular flexibility index (Phi) is 8.95. The van der Waals surface area contributed by atoms with Gasteiger partial charge in [-0.05, 0) is 36.9 Å². The summed E-state index contributed by atoms with van der Waals surface area (Å²) in [7, 11) is -4.88. The molecule has 0 fully saturated rings. The first-order valence-corrected chi connectivity index (χ1v) is 12.8. The molecule has 1 amide bonds. The van der Waals surface area contributed by atoms with Crippen LogP contribution in [0.3, 0.4) is 0 Å². The average molecular weight is 553 g/mol. The molecular formula is C21H21ClN6O6S2. The molecule has 0 saturated heterocycles. The van der Waals surface area contributed by atoms with Gasteiger partial charge in [-0.3, -0.25) is 18.7 Å². The predicted molar refractivity (Wildman–Crippen MR) is 134 cm³/mol. The quantitative estimate of drug-likeness (QED) is 0.290. The normalized spacial score (nSPS) is 10.9. The summed E-state index contributed by atoms with van der Waals surface area (Å²) < 4.78 is 39.6. The number of nitrogens with zero attached hydrogens (tertiary/aromatic N) is 4. The molecule has 1 aromatic carbocycles. The summed E-state index contributed by atoms with van der Waals surface area (Å²) in [5.74, 6) is -0.631. The van der Waals surface area contributed by atoms with Crippen LogP contribution in [0.4, 0.5) is 0 Å². The molecule has 0 atom stereocenters. The number of thiophene rings is 1. The van der Waals surface area contributed by atoms with Crippen molar-refractivity contribution in [3.63, 3.8) is 0 Å². The standard InChI is InChI=1S/C19H14ClN5O6S2.C2H7N/c20-17-7-6-16(32-17)19(27)21-10-12-11-25(23-22-12)14-5-4-13(9-15(14)31-33(28,29)30)24-8-2-1-3-18(24)26;1-2-3/h1-9,11H,10H2,(H,21,27)(H,28,29,30);2-3H2,1H3. The number of hydrogen-bond acceptors (Lipinski definition) is 9. The van der Waals surface area contributed by atoms with Crippen molar-refractivity contribution < 1.29 is 21.9 Å². The Bertz CT molecular complexity index is 1510. The molecule has 0 saturated carbocycles. The van der Waals surface area contributed by atoms with Crippen LogP contribution in [0.25, 0.3) is 11.4 Å². The van der Waals surface area contributed by atoms with E-state index in [1.54, 1.807) is 24.3 Å². The first-order chi connectivity index (χ1) is 17.1. The first-order valence-electron chi connectivity index (χ1n) is 10.3. The van der Waals surface area contributed by atoms with Crippen molar-refractivity contribution in [3.05, 3.63) is 86.2 Å². The molecule has 4 N–H and O–H groups in total. The molecule has 0 aliphatic rings. The van der Waals surface area contributed by atoms with E-state index in [0.29, 0.717) is 20.6 Å². The number of amides is 1. The van der Waals surface area contributed by atoms with Crippen molar-refractivity contribution in [2.24, 2.45) is 5.73 Å². The SMILES string of the molecule is CCN.O=C(NCc1cn(-c2ccc(-n3ccccc3=O)cc2OS(=O)(=O)O)nn1)c1ccc(Cl)s1. The highest BCUT2D eigenvalue weighted by Crippen LogP contribution is 2.27. The molecule has 3 heterocycles. The Hall–Kier alpha value is -3.56. The van der Waals surface area contributed by atoms with Gasteiger partial charge in [-0.2, -0.15) is 8.42 Å². The minimum Gasteiger partial charge on any atom is -0.359 e. The molecule has 36 heavy (non-hydrogen) atoms. The Balaban J connectivity index is 0.00000115. The number of nitrogens with two attached hydrogens (primary N) is 1. The van der Waals surface area contributed by atoms with Crippen molar-refractivity contribution in [2.75, 3.05) is 6.54 Å². The number of carbonyl (C=O) groups is 1. The summed E-state index contributed by atoms with van der Waals surface area (Å²) in [5.41, 5.74) is 5.28. The van der Waals surface area contributed by atoms with E-state index in [1.165, 1.54) is 45.9 Å². The maximum absolute atomic E-state index is 12.2. The highest BCUT2D eigenvalue weighted by atomic mass is 35.5. The molecule has 0 unspecified atom stereocenters. The van der Waals surface area contributed by atoms with Crippen LogP contribution in [0.5, 0.6) is 5.75 Å². The number of aromatic nitrogens is 4. The number of benzene rings is 1. The van der Waals surface area contributed by atoms with E-state index < -0.39 is 10.4 Å². The summed E-state index contributed by atoms with van der Waals surface area (Å²) >= 11 is 6.97. The lowest BCUT2D eigenvalue weighted by atomic mass is 10.2. The van der Waals surface area contributed by atoms with Crippen molar-refractivity contribution >= 4 is 39.2 Å². The molecule has 0 bridgehead atoms. The average Bonchev–Trinajstić information content (AvgIpc) is 3.46. The van der Waals surface area contributed by atoms with E-state index in [1.807, 2.05) is 6.92 Å². The zero-order valence-electron chi connectivity index (χ0n) is 18.7. The second kappa shape index (κ2) is 11.9. The predicted octanol–water partition coefficient (Wildman–Crippen LogP) is 2.21. The fourth-order valence-electron chi connectivity index (χ4n) is 2.85. The summed E-state index contributed by atoms with van der Waals surface area (Å²) in [6.45, 7) is 2.69. The van der Waals surface area contributed by atoms with Gasteiger partial charge in [0.05, 0.1) is 27.6 Å². The molecule has 0 aliphatic carbocycles. The minimum atomic E-state index is -4.88. The van der Waals surface area contributed by atoms with Gasteiger partial charge < -0.3 is 15.2 Å². The molecule has 0 spiro atoms. The van der Waals surface area contributed by atoms with Crippen molar-refractivity contribution in [1.82, 2.24) is 24.9 Å². The van der Waals surface area contributed by atoms with Gasteiger partial charge in [0.1, 0.15) is 11.4 Å². The van der Waals surface area contributed by atoms with E-state index in [9.17, 15) is 22.6 Å². The van der Waals surface area contributed by atoms with Gasteiger partial charge in [0.2, 0.25) is 0 Å². The lowest BCUT2D eigenvalue weighted by Crippen LogP contribution is -2.21. The molecule has 4 aromatic rings. The minimum absolute atomic E-state index is 0.0420. The number of rotatable bonds is 7. The number of halogens is 1. The van der Waals surface area contributed by atoms with E-state index in [-0.39, 0.29) is 29.4 Å². The van der Waals surface area contributed by atoms with Crippen LogP contribution in [0.1, 0.15) is 22.3 Å². The monoisotopic (exact) mass is 552 g/mol. The van der Waals surface area contributed by atoms with Crippen molar-refractivity contribution in [3.8, 4) is 17.1 Å². The van der Waals surface area contributed by atoms with E-state index >= 15 is 0 Å². The van der Waals surface area contributed by atoms with Crippen LogP contribution in [-0.2, 0) is 16.9 Å².